The molecule has 1 spiro atoms. The number of rotatable bonds is 4. The van der Waals surface area contributed by atoms with Crippen LogP contribution < -0.4 is 10.2 Å². The van der Waals surface area contributed by atoms with Gasteiger partial charge in [0.25, 0.3) is 0 Å². The van der Waals surface area contributed by atoms with E-state index in [1.165, 1.54) is 0 Å². The molecule has 2 fully saturated rings. The Bertz CT molecular complexity index is 1120. The summed E-state index contributed by atoms with van der Waals surface area (Å²) in [5.74, 6) is 1.19. The molecule has 2 aliphatic heterocycles. The topological polar surface area (TPSA) is 70.6 Å². The predicted molar refractivity (Wildman–Crippen MR) is 142 cm³/mol. The number of hydrogen-bond donors (Lipinski definition) is 1. The highest BCUT2D eigenvalue weighted by Gasteiger charge is 2.48. The molecule has 0 radical (unpaired) electrons. The van der Waals surface area contributed by atoms with E-state index in [9.17, 15) is 4.79 Å². The third kappa shape index (κ3) is 5.89. The van der Waals surface area contributed by atoms with Crippen LogP contribution in [0.25, 0.3) is 0 Å². The number of piperidine rings is 1. The van der Waals surface area contributed by atoms with Crippen LogP contribution in [0.3, 0.4) is 0 Å². The van der Waals surface area contributed by atoms with Gasteiger partial charge in [-0.3, -0.25) is 0 Å². The van der Waals surface area contributed by atoms with Gasteiger partial charge in [0.1, 0.15) is 10.6 Å². The van der Waals surface area contributed by atoms with Crippen molar-refractivity contribution in [3.05, 3.63) is 44.5 Å². The highest BCUT2D eigenvalue weighted by atomic mass is 35.5. The van der Waals surface area contributed by atoms with Crippen molar-refractivity contribution in [2.24, 2.45) is 5.41 Å². The fourth-order valence-corrected chi connectivity index (χ4v) is 5.48. The van der Waals surface area contributed by atoms with Crippen molar-refractivity contribution in [2.45, 2.75) is 59.1 Å². The Kier molecular flexibility index (Phi) is 7.33. The summed E-state index contributed by atoms with van der Waals surface area (Å²) in [7, 11) is 0. The number of nitrogens with zero attached hydrogens (tertiary/aromatic N) is 4. The van der Waals surface area contributed by atoms with Crippen LogP contribution in [0.2, 0.25) is 15.1 Å². The number of anilines is 2. The zero-order chi connectivity index (χ0) is 25.5. The second-order valence-corrected chi connectivity index (χ2v) is 11.9. The second kappa shape index (κ2) is 9.83. The molecule has 190 valence electrons. The monoisotopic (exact) mass is 539 g/mol. The van der Waals surface area contributed by atoms with Gasteiger partial charge in [0.2, 0.25) is 5.95 Å². The molecule has 0 bridgehead atoms. The lowest BCUT2D eigenvalue weighted by Crippen LogP contribution is -2.64. The van der Waals surface area contributed by atoms with Gasteiger partial charge in [-0.05, 0) is 65.2 Å². The summed E-state index contributed by atoms with van der Waals surface area (Å²) in [6.07, 6.45) is 1.78. The number of aromatic nitrogens is 2. The Labute approximate surface area is 222 Å². The lowest BCUT2D eigenvalue weighted by atomic mass is 9.73. The standard InChI is InChI=1S/C25H32Cl3N5O2/c1-15(18-8-7-17(26)11-19(18)27)29-21-20(28)16(2)30-22(31-21)33-13-25(14-33)9-6-10-32(12-25)23(34)35-24(3,4)5/h7-8,11,15H,6,9-10,12-14H2,1-5H3,(H,29,30,31)/t15-/m1/s1. The number of amides is 1. The molecule has 0 unspecified atom stereocenters. The average molecular weight is 541 g/mol. The van der Waals surface area contributed by atoms with Gasteiger partial charge in [0.05, 0.1) is 11.7 Å². The normalized spacial score (nSPS) is 18.3. The van der Waals surface area contributed by atoms with E-state index >= 15 is 0 Å². The Morgan fingerprint density at radius 2 is 1.89 bits per heavy atom. The Morgan fingerprint density at radius 1 is 1.17 bits per heavy atom. The Morgan fingerprint density at radius 3 is 2.54 bits per heavy atom. The molecule has 7 nitrogen and oxygen atoms in total. The maximum absolute atomic E-state index is 12.6. The van der Waals surface area contributed by atoms with Gasteiger partial charge in [-0.2, -0.15) is 4.98 Å². The maximum Gasteiger partial charge on any atom is 0.410 e. The smallest absolute Gasteiger partial charge is 0.410 e. The summed E-state index contributed by atoms with van der Waals surface area (Å²) in [4.78, 5) is 26.0. The molecular formula is C25H32Cl3N5O2. The Balaban J connectivity index is 1.46. The molecule has 2 aromatic rings. The number of likely N-dealkylation sites (tertiary alicyclic amines) is 1. The molecule has 2 aliphatic rings. The molecule has 1 atom stereocenters. The molecule has 1 aromatic heterocycles. The summed E-state index contributed by atoms with van der Waals surface area (Å²) in [5.41, 5.74) is 1.13. The molecule has 1 aromatic carbocycles. The lowest BCUT2D eigenvalue weighted by molar-refractivity contribution is -0.00165. The summed E-state index contributed by atoms with van der Waals surface area (Å²) in [5, 5.41) is 5.03. The molecule has 0 aliphatic carbocycles. The first kappa shape index (κ1) is 26.1. The van der Waals surface area contributed by atoms with E-state index in [0.29, 0.717) is 39.1 Å². The first-order valence-corrected chi connectivity index (χ1v) is 13.0. The van der Waals surface area contributed by atoms with E-state index in [-0.39, 0.29) is 17.6 Å². The molecule has 10 heteroatoms. The minimum Gasteiger partial charge on any atom is -0.444 e. The van der Waals surface area contributed by atoms with Crippen LogP contribution >= 0.6 is 34.8 Å². The largest absolute Gasteiger partial charge is 0.444 e. The molecule has 1 N–H and O–H groups in total. The Hall–Kier alpha value is -1.96. The fourth-order valence-electron chi connectivity index (χ4n) is 4.77. The van der Waals surface area contributed by atoms with Crippen molar-refractivity contribution in [1.29, 1.82) is 0 Å². The van der Waals surface area contributed by atoms with Gasteiger partial charge < -0.3 is 19.9 Å². The van der Waals surface area contributed by atoms with Gasteiger partial charge in [-0.15, -0.1) is 0 Å². The van der Waals surface area contributed by atoms with E-state index in [2.05, 4.69) is 15.2 Å². The quantitative estimate of drug-likeness (QED) is 0.462. The van der Waals surface area contributed by atoms with E-state index in [1.807, 2.05) is 51.7 Å². The molecule has 4 rings (SSSR count). The third-order valence-electron chi connectivity index (χ3n) is 6.44. The zero-order valence-corrected chi connectivity index (χ0v) is 23.1. The van der Waals surface area contributed by atoms with Crippen molar-refractivity contribution in [3.8, 4) is 0 Å². The number of ether oxygens (including phenoxy) is 1. The van der Waals surface area contributed by atoms with Crippen LogP contribution in [0.1, 0.15) is 57.8 Å². The van der Waals surface area contributed by atoms with Gasteiger partial charge in [-0.1, -0.05) is 40.9 Å². The number of nitrogens with one attached hydrogen (secondary N) is 1. The minimum atomic E-state index is -0.501. The van der Waals surface area contributed by atoms with E-state index in [0.717, 1.165) is 38.0 Å². The van der Waals surface area contributed by atoms with Crippen molar-refractivity contribution in [2.75, 3.05) is 36.4 Å². The van der Waals surface area contributed by atoms with Crippen molar-refractivity contribution in [1.82, 2.24) is 14.9 Å². The number of halogens is 3. The average Bonchev–Trinajstić information content (AvgIpc) is 2.73. The number of aryl methyl sites for hydroxylation is 1. The summed E-state index contributed by atoms with van der Waals surface area (Å²) < 4.78 is 5.59. The summed E-state index contributed by atoms with van der Waals surface area (Å²) in [6, 6.07) is 5.29. The van der Waals surface area contributed by atoms with Crippen LogP contribution in [0.15, 0.2) is 18.2 Å². The van der Waals surface area contributed by atoms with Gasteiger partial charge >= 0.3 is 6.09 Å². The van der Waals surface area contributed by atoms with Gasteiger partial charge in [-0.25, -0.2) is 9.78 Å². The fraction of sp³-hybridized carbons (Fsp3) is 0.560. The number of hydrogen-bond acceptors (Lipinski definition) is 6. The lowest BCUT2D eigenvalue weighted by Gasteiger charge is -2.54. The first-order chi connectivity index (χ1) is 16.4. The highest BCUT2D eigenvalue weighted by Crippen LogP contribution is 2.42. The van der Waals surface area contributed by atoms with Crippen molar-refractivity contribution >= 4 is 52.7 Å². The summed E-state index contributed by atoms with van der Waals surface area (Å²) >= 11 is 19.0. The van der Waals surface area contributed by atoms with E-state index in [4.69, 9.17) is 44.5 Å². The maximum atomic E-state index is 12.6. The van der Waals surface area contributed by atoms with Crippen LogP contribution in [-0.4, -0.2) is 52.7 Å². The van der Waals surface area contributed by atoms with E-state index < -0.39 is 5.60 Å². The van der Waals surface area contributed by atoms with Gasteiger partial charge in [0, 0.05) is 41.6 Å². The number of carbonyl (C=O) groups is 1. The molecule has 35 heavy (non-hydrogen) atoms. The van der Waals surface area contributed by atoms with Crippen LogP contribution in [0.4, 0.5) is 16.6 Å². The van der Waals surface area contributed by atoms with Crippen LogP contribution in [0, 0.1) is 12.3 Å². The SMILES string of the molecule is Cc1nc(N2CC3(CCCN(C(=O)OC(C)(C)C)C3)C2)nc(N[C@H](C)c2ccc(Cl)cc2Cl)c1Cl. The van der Waals surface area contributed by atoms with E-state index in [1.54, 1.807) is 6.07 Å². The number of carbonyl (C=O) groups excluding carboxylic acids is 1. The first-order valence-electron chi connectivity index (χ1n) is 11.8. The third-order valence-corrected chi connectivity index (χ3v) is 7.45. The van der Waals surface area contributed by atoms with Crippen molar-refractivity contribution in [3.63, 3.8) is 0 Å². The van der Waals surface area contributed by atoms with Crippen molar-refractivity contribution < 1.29 is 9.53 Å². The molecule has 0 saturated carbocycles. The highest BCUT2D eigenvalue weighted by molar-refractivity contribution is 6.35. The molecule has 3 heterocycles. The molecule has 1 amide bonds. The van der Waals surface area contributed by atoms with Crippen LogP contribution in [-0.2, 0) is 4.74 Å². The predicted octanol–water partition coefficient (Wildman–Crippen LogP) is 6.76. The molecule has 2 saturated heterocycles. The second-order valence-electron chi connectivity index (χ2n) is 10.7. The van der Waals surface area contributed by atoms with Gasteiger partial charge in [0.15, 0.2) is 5.82 Å². The zero-order valence-electron chi connectivity index (χ0n) is 20.8. The summed E-state index contributed by atoms with van der Waals surface area (Å²) in [6.45, 7) is 12.5. The molecular weight excluding hydrogens is 509 g/mol. The number of benzene rings is 1. The van der Waals surface area contributed by atoms with Crippen LogP contribution in [0.5, 0.6) is 0 Å². The minimum absolute atomic E-state index is 0.0315.